The summed E-state index contributed by atoms with van der Waals surface area (Å²) in [4.78, 5) is 11.1. The maximum absolute atomic E-state index is 7.70. The van der Waals surface area contributed by atoms with Crippen molar-refractivity contribution in [2.75, 3.05) is 39.3 Å². The average molecular weight is 815 g/mol. The van der Waals surface area contributed by atoms with Crippen LogP contribution in [0.25, 0.3) is 0 Å². The van der Waals surface area contributed by atoms with Gasteiger partial charge in [0.05, 0.1) is 6.10 Å². The van der Waals surface area contributed by atoms with Crippen molar-refractivity contribution in [2.45, 2.75) is 193 Å². The van der Waals surface area contributed by atoms with Crippen LogP contribution in [-0.4, -0.2) is 97.6 Å². The summed E-state index contributed by atoms with van der Waals surface area (Å²) in [5.74, 6) is 12.9. The normalized spacial score (nSPS) is 57.1. The minimum Gasteiger partial charge on any atom is -0.315 e. The second kappa shape index (κ2) is 16.9. The third-order valence-corrected chi connectivity index (χ3v) is 21.7. The van der Waals surface area contributed by atoms with Crippen LogP contribution in [0.3, 0.4) is 0 Å². The zero-order valence-corrected chi connectivity index (χ0v) is 38.7. The van der Waals surface area contributed by atoms with E-state index in [1.807, 2.05) is 0 Å². The van der Waals surface area contributed by atoms with Gasteiger partial charge < -0.3 is 21.3 Å². The molecular formula is C52H90N6O. The van der Waals surface area contributed by atoms with E-state index < -0.39 is 0 Å². The third kappa shape index (κ3) is 6.94. The highest BCUT2D eigenvalue weighted by Gasteiger charge is 2.64. The Morgan fingerprint density at radius 3 is 1.61 bits per heavy atom. The SMILES string of the molecule is CC1CC(C)C(N2OC3CCCCC3C3C4C5CCCCC5N(C5C(C)CC(C)C(C6CNCC7NCCCC76)C5C)C4CCC32)C(C)C1C1CNCC2NCCCC21. The van der Waals surface area contributed by atoms with Crippen molar-refractivity contribution in [3.8, 4) is 0 Å². The molecule has 11 rings (SSSR count). The van der Waals surface area contributed by atoms with Gasteiger partial charge >= 0.3 is 0 Å². The number of nitrogens with one attached hydrogen (secondary N) is 4. The molecule has 0 radical (unpaired) electrons. The van der Waals surface area contributed by atoms with E-state index >= 15 is 0 Å². The quantitative estimate of drug-likeness (QED) is 0.229. The average Bonchev–Trinajstić information content (AvgIpc) is 3.57. The summed E-state index contributed by atoms with van der Waals surface area (Å²) in [6, 6.07) is 4.92. The maximum atomic E-state index is 7.70. The largest absolute Gasteiger partial charge is 0.315 e. The predicted octanol–water partition coefficient (Wildman–Crippen LogP) is 8.20. The summed E-state index contributed by atoms with van der Waals surface area (Å²) in [5, 5.41) is 18.8. The summed E-state index contributed by atoms with van der Waals surface area (Å²) < 4.78 is 0. The number of hydrogen-bond acceptors (Lipinski definition) is 7. The van der Waals surface area contributed by atoms with E-state index in [1.165, 1.54) is 142 Å². The molecule has 6 aliphatic heterocycles. The summed E-state index contributed by atoms with van der Waals surface area (Å²) in [6.07, 6.45) is 23.2. The Bertz CT molecular complexity index is 1440. The van der Waals surface area contributed by atoms with Crippen LogP contribution in [0.2, 0.25) is 0 Å². The van der Waals surface area contributed by atoms with Crippen molar-refractivity contribution in [3.05, 3.63) is 0 Å². The minimum absolute atomic E-state index is 0.453. The first-order chi connectivity index (χ1) is 28.8. The lowest BCUT2D eigenvalue weighted by Gasteiger charge is -2.62. The molecule has 5 aliphatic carbocycles. The molecule has 24 unspecified atom stereocenters. The van der Waals surface area contributed by atoms with Gasteiger partial charge in [-0.25, -0.2) is 0 Å². The molecule has 24 atom stereocenters. The number of fused-ring (bicyclic) bond motifs is 9. The Balaban J connectivity index is 0.912. The Hall–Kier alpha value is -0.280. The molecule has 0 bridgehead atoms. The molecule has 334 valence electrons. The summed E-state index contributed by atoms with van der Waals surface area (Å²) in [5.41, 5.74) is 0. The van der Waals surface area contributed by atoms with Crippen LogP contribution in [-0.2, 0) is 4.84 Å². The van der Waals surface area contributed by atoms with Crippen molar-refractivity contribution in [3.63, 3.8) is 0 Å². The van der Waals surface area contributed by atoms with Crippen LogP contribution < -0.4 is 21.3 Å². The second-order valence-corrected chi connectivity index (χ2v) is 24.4. The molecule has 11 aliphatic rings. The van der Waals surface area contributed by atoms with E-state index in [4.69, 9.17) is 4.84 Å². The molecule has 7 nitrogen and oxygen atoms in total. The molecule has 4 N–H and O–H groups in total. The van der Waals surface area contributed by atoms with E-state index in [9.17, 15) is 0 Å². The Morgan fingerprint density at radius 1 is 0.424 bits per heavy atom. The van der Waals surface area contributed by atoms with Gasteiger partial charge in [0.25, 0.3) is 0 Å². The first-order valence-corrected chi connectivity index (χ1v) is 26.9. The Morgan fingerprint density at radius 2 is 0.949 bits per heavy atom. The highest BCUT2D eigenvalue weighted by Crippen LogP contribution is 2.62. The molecular weight excluding hydrogens is 725 g/mol. The fraction of sp³-hybridized carbons (Fsp3) is 1.00. The smallest absolute Gasteiger partial charge is 0.0824 e. The molecule has 0 spiro atoms. The molecule has 6 heterocycles. The summed E-state index contributed by atoms with van der Waals surface area (Å²) >= 11 is 0. The number of piperidine rings is 4. The minimum atomic E-state index is 0.453. The van der Waals surface area contributed by atoms with Gasteiger partial charge in [-0.1, -0.05) is 67.2 Å². The van der Waals surface area contributed by atoms with Crippen LogP contribution in [0.4, 0.5) is 0 Å². The number of hydroxylamine groups is 2. The standard InChI is InChI=1S/C52H90N6O/c1-29-23-31(3)51(33(5)47(29)39-25-53-27-41-35(39)15-11-21-55-41)57-43-17-9-7-13-37(43)49-44(57)19-20-45-50(49)38-14-8-10-18-46(38)59-58(45)52-32(4)24-30(2)48(34(52)6)40-26-54-28-42-36(40)16-12-22-56-42/h29-56H,7-28H2,1-6H3. The van der Waals surface area contributed by atoms with Crippen LogP contribution in [0.5, 0.6) is 0 Å². The molecule has 11 fully saturated rings. The highest BCUT2D eigenvalue weighted by molar-refractivity contribution is 5.15. The van der Waals surface area contributed by atoms with Gasteiger partial charge in [0.2, 0.25) is 0 Å². The number of nitrogens with zero attached hydrogens (tertiary/aromatic N) is 2. The molecule has 5 saturated carbocycles. The van der Waals surface area contributed by atoms with Gasteiger partial charge in [-0.05, 0) is 198 Å². The van der Waals surface area contributed by atoms with Crippen molar-refractivity contribution in [1.82, 2.24) is 31.2 Å². The van der Waals surface area contributed by atoms with Crippen molar-refractivity contribution in [2.24, 2.45) is 94.7 Å². The lowest BCUT2D eigenvalue weighted by atomic mass is 9.56. The van der Waals surface area contributed by atoms with E-state index in [1.54, 1.807) is 0 Å². The predicted molar refractivity (Wildman–Crippen MR) is 241 cm³/mol. The van der Waals surface area contributed by atoms with E-state index in [0.717, 1.165) is 101 Å². The fourth-order valence-corrected chi connectivity index (χ4v) is 20.2. The van der Waals surface area contributed by atoms with Crippen LogP contribution in [0, 0.1) is 94.7 Å². The van der Waals surface area contributed by atoms with Gasteiger partial charge in [0, 0.05) is 55.4 Å². The van der Waals surface area contributed by atoms with Gasteiger partial charge in [-0.2, -0.15) is 5.06 Å². The Kier molecular flexibility index (Phi) is 11.9. The molecule has 7 heteroatoms. The van der Waals surface area contributed by atoms with Crippen molar-refractivity contribution in [1.29, 1.82) is 0 Å². The maximum Gasteiger partial charge on any atom is 0.0824 e. The van der Waals surface area contributed by atoms with E-state index in [0.29, 0.717) is 42.1 Å². The summed E-state index contributed by atoms with van der Waals surface area (Å²) in [6.45, 7) is 23.5. The van der Waals surface area contributed by atoms with Gasteiger partial charge in [0.15, 0.2) is 0 Å². The van der Waals surface area contributed by atoms with Gasteiger partial charge in [-0.15, -0.1) is 0 Å². The van der Waals surface area contributed by atoms with Crippen LogP contribution in [0.15, 0.2) is 0 Å². The molecule has 0 aromatic carbocycles. The van der Waals surface area contributed by atoms with E-state index in [2.05, 4.69) is 72.8 Å². The first-order valence-electron chi connectivity index (χ1n) is 26.9. The lowest BCUT2D eigenvalue weighted by Crippen LogP contribution is -2.67. The van der Waals surface area contributed by atoms with E-state index in [-0.39, 0.29) is 0 Å². The monoisotopic (exact) mass is 815 g/mol. The number of likely N-dealkylation sites (tertiary alicyclic amines) is 1. The third-order valence-electron chi connectivity index (χ3n) is 21.7. The lowest BCUT2D eigenvalue weighted by molar-refractivity contribution is -0.339. The molecule has 0 aromatic heterocycles. The summed E-state index contributed by atoms with van der Waals surface area (Å²) in [7, 11) is 0. The Labute approximate surface area is 361 Å². The zero-order valence-electron chi connectivity index (χ0n) is 38.7. The number of rotatable bonds is 4. The number of hydrogen-bond donors (Lipinski definition) is 4. The van der Waals surface area contributed by atoms with Crippen LogP contribution >= 0.6 is 0 Å². The molecule has 6 saturated heterocycles. The van der Waals surface area contributed by atoms with Crippen LogP contribution in [0.1, 0.15) is 144 Å². The van der Waals surface area contributed by atoms with Gasteiger partial charge in [-0.3, -0.25) is 9.74 Å². The highest BCUT2D eigenvalue weighted by atomic mass is 16.7. The second-order valence-electron chi connectivity index (χ2n) is 24.4. The fourth-order valence-electron chi connectivity index (χ4n) is 20.2. The molecule has 59 heavy (non-hydrogen) atoms. The first kappa shape index (κ1) is 41.4. The topological polar surface area (TPSA) is 63.8 Å². The molecule has 0 amide bonds. The molecule has 0 aromatic rings. The van der Waals surface area contributed by atoms with Crippen molar-refractivity contribution >= 4 is 0 Å². The van der Waals surface area contributed by atoms with Gasteiger partial charge in [0.1, 0.15) is 0 Å². The zero-order chi connectivity index (χ0) is 40.1. The van der Waals surface area contributed by atoms with Crippen molar-refractivity contribution < 1.29 is 4.84 Å².